The molecule has 1 aliphatic rings. The number of rotatable bonds is 6. The van der Waals surface area contributed by atoms with Crippen molar-refractivity contribution < 1.29 is 17.9 Å². The first-order valence-corrected chi connectivity index (χ1v) is 10.9. The van der Waals surface area contributed by atoms with Crippen LogP contribution in [-0.4, -0.2) is 43.0 Å². The van der Waals surface area contributed by atoms with E-state index in [1.165, 1.54) is 4.31 Å². The number of nitrogens with one attached hydrogen (secondary N) is 1. The first-order valence-electron chi connectivity index (χ1n) is 9.46. The minimum atomic E-state index is -3.41. The summed E-state index contributed by atoms with van der Waals surface area (Å²) in [6, 6.07) is 9.48. The van der Waals surface area contributed by atoms with Crippen LogP contribution in [0.2, 0.25) is 0 Å². The Labute approximate surface area is 170 Å². The summed E-state index contributed by atoms with van der Waals surface area (Å²) in [6.07, 6.45) is 0.601. The Morgan fingerprint density at radius 2 is 1.97 bits per heavy atom. The number of nitrogens with zero attached hydrogens (tertiary/aromatic N) is 3. The second kappa shape index (κ2) is 8.37. The predicted molar refractivity (Wildman–Crippen MR) is 108 cm³/mol. The fourth-order valence-corrected chi connectivity index (χ4v) is 4.82. The molecule has 1 fully saturated rings. The van der Waals surface area contributed by atoms with Crippen LogP contribution in [0.1, 0.15) is 41.2 Å². The van der Waals surface area contributed by atoms with Crippen LogP contribution >= 0.6 is 0 Å². The molecule has 0 aliphatic carbocycles. The Hall–Kier alpha value is -2.67. The fourth-order valence-electron chi connectivity index (χ4n) is 3.64. The van der Waals surface area contributed by atoms with E-state index in [4.69, 9.17) is 4.74 Å². The van der Waals surface area contributed by atoms with Crippen LogP contribution in [0.15, 0.2) is 24.3 Å². The van der Waals surface area contributed by atoms with Crippen molar-refractivity contribution in [1.82, 2.24) is 13.6 Å². The molecular formula is C20H24N4O4S. The highest BCUT2D eigenvalue weighted by molar-refractivity contribution is 7.87. The lowest BCUT2D eigenvalue weighted by atomic mass is 9.99. The Balaban J connectivity index is 2.02. The average molecular weight is 417 g/mol. The SMILES string of the molecule is CCOC(=O)c1c(-c2ccc(CN3CCNS3(=O)=O)cc2)c(C#N)c(CC)n1C. The summed E-state index contributed by atoms with van der Waals surface area (Å²) in [4.78, 5) is 12.6. The van der Waals surface area contributed by atoms with E-state index in [1.807, 2.05) is 31.2 Å². The third kappa shape index (κ3) is 3.92. The zero-order chi connectivity index (χ0) is 21.2. The van der Waals surface area contributed by atoms with E-state index in [0.717, 1.165) is 11.3 Å². The molecule has 1 aromatic carbocycles. The van der Waals surface area contributed by atoms with Gasteiger partial charge in [-0.2, -0.15) is 18.0 Å². The molecule has 8 nitrogen and oxygen atoms in total. The summed E-state index contributed by atoms with van der Waals surface area (Å²) in [5.74, 6) is -0.473. The molecule has 1 N–H and O–H groups in total. The number of ether oxygens (including phenoxy) is 1. The summed E-state index contributed by atoms with van der Waals surface area (Å²) in [7, 11) is -1.65. The van der Waals surface area contributed by atoms with E-state index in [0.29, 0.717) is 41.9 Å². The summed E-state index contributed by atoms with van der Waals surface area (Å²) in [5, 5.41) is 9.75. The lowest BCUT2D eigenvalue weighted by molar-refractivity contribution is 0.0516. The highest BCUT2D eigenvalue weighted by Gasteiger charge is 2.28. The number of hydrogen-bond acceptors (Lipinski definition) is 5. The summed E-state index contributed by atoms with van der Waals surface area (Å²) >= 11 is 0. The van der Waals surface area contributed by atoms with Gasteiger partial charge in [-0.05, 0) is 24.5 Å². The van der Waals surface area contributed by atoms with Gasteiger partial charge in [0, 0.05) is 37.9 Å². The number of carbonyl (C=O) groups is 1. The Morgan fingerprint density at radius 3 is 2.48 bits per heavy atom. The molecular weight excluding hydrogens is 392 g/mol. The molecule has 154 valence electrons. The molecule has 1 aliphatic heterocycles. The average Bonchev–Trinajstić information content (AvgIpc) is 3.17. The maximum absolute atomic E-state index is 12.6. The highest BCUT2D eigenvalue weighted by Crippen LogP contribution is 2.33. The number of nitriles is 1. The maximum Gasteiger partial charge on any atom is 0.355 e. The van der Waals surface area contributed by atoms with E-state index in [2.05, 4.69) is 10.8 Å². The second-order valence-electron chi connectivity index (χ2n) is 6.72. The number of carbonyl (C=O) groups excluding carboxylic acids is 1. The number of aromatic nitrogens is 1. The van der Waals surface area contributed by atoms with Gasteiger partial charge in [0.2, 0.25) is 0 Å². The van der Waals surface area contributed by atoms with Gasteiger partial charge in [0.15, 0.2) is 0 Å². The molecule has 2 heterocycles. The number of esters is 1. The van der Waals surface area contributed by atoms with Crippen molar-refractivity contribution in [3.63, 3.8) is 0 Å². The van der Waals surface area contributed by atoms with Crippen LogP contribution in [0.3, 0.4) is 0 Å². The molecule has 9 heteroatoms. The molecule has 0 unspecified atom stereocenters. The van der Waals surface area contributed by atoms with Crippen molar-refractivity contribution in [2.75, 3.05) is 19.7 Å². The van der Waals surface area contributed by atoms with Gasteiger partial charge in [0.05, 0.1) is 12.2 Å². The molecule has 1 saturated heterocycles. The Morgan fingerprint density at radius 1 is 1.28 bits per heavy atom. The van der Waals surface area contributed by atoms with Crippen molar-refractivity contribution in [3.05, 3.63) is 46.8 Å². The lowest BCUT2D eigenvalue weighted by Gasteiger charge is -2.14. The van der Waals surface area contributed by atoms with Gasteiger partial charge >= 0.3 is 5.97 Å². The van der Waals surface area contributed by atoms with Crippen LogP contribution in [0.5, 0.6) is 0 Å². The molecule has 0 atom stereocenters. The normalized spacial score (nSPS) is 15.9. The first kappa shape index (κ1) is 21.0. The summed E-state index contributed by atoms with van der Waals surface area (Å²) in [6.45, 7) is 5.00. The number of hydrogen-bond donors (Lipinski definition) is 1. The van der Waals surface area contributed by atoms with Crippen molar-refractivity contribution in [2.45, 2.75) is 26.8 Å². The molecule has 0 bridgehead atoms. The molecule has 0 amide bonds. The van der Waals surface area contributed by atoms with Crippen LogP contribution < -0.4 is 4.72 Å². The zero-order valence-electron chi connectivity index (χ0n) is 16.7. The Kier molecular flexibility index (Phi) is 6.07. The van der Waals surface area contributed by atoms with Crippen molar-refractivity contribution in [2.24, 2.45) is 7.05 Å². The largest absolute Gasteiger partial charge is 0.461 e. The van der Waals surface area contributed by atoms with E-state index < -0.39 is 16.2 Å². The molecule has 2 aromatic rings. The van der Waals surface area contributed by atoms with E-state index in [-0.39, 0.29) is 13.2 Å². The fraction of sp³-hybridized carbons (Fsp3) is 0.400. The van der Waals surface area contributed by atoms with Crippen LogP contribution in [0.4, 0.5) is 0 Å². The highest BCUT2D eigenvalue weighted by atomic mass is 32.2. The molecule has 3 rings (SSSR count). The zero-order valence-corrected chi connectivity index (χ0v) is 17.5. The van der Waals surface area contributed by atoms with E-state index in [9.17, 15) is 18.5 Å². The summed E-state index contributed by atoms with van der Waals surface area (Å²) < 4.78 is 34.6. The summed E-state index contributed by atoms with van der Waals surface area (Å²) in [5.41, 5.74) is 3.66. The van der Waals surface area contributed by atoms with Crippen molar-refractivity contribution in [3.8, 4) is 17.2 Å². The Bertz CT molecular complexity index is 1070. The van der Waals surface area contributed by atoms with Gasteiger partial charge in [-0.15, -0.1) is 0 Å². The van der Waals surface area contributed by atoms with E-state index in [1.54, 1.807) is 18.5 Å². The molecule has 1 aromatic heterocycles. The third-order valence-electron chi connectivity index (χ3n) is 5.02. The maximum atomic E-state index is 12.6. The molecule has 0 spiro atoms. The standard InChI is InChI=1S/C20H24N4O4S/c1-4-17-16(12-21)18(19(23(17)3)20(25)28-5-2)15-8-6-14(7-9-15)13-24-11-10-22-29(24,26)27/h6-9,22H,4-5,10-11,13H2,1-3H3. The first-order chi connectivity index (χ1) is 13.8. The second-order valence-corrected chi connectivity index (χ2v) is 8.48. The van der Waals surface area contributed by atoms with Crippen LogP contribution in [0, 0.1) is 11.3 Å². The van der Waals surface area contributed by atoms with Gasteiger partial charge in [0.25, 0.3) is 10.2 Å². The minimum absolute atomic E-state index is 0.240. The van der Waals surface area contributed by atoms with Crippen molar-refractivity contribution >= 4 is 16.2 Å². The topological polar surface area (TPSA) is 104 Å². The monoisotopic (exact) mass is 416 g/mol. The molecule has 0 radical (unpaired) electrons. The smallest absolute Gasteiger partial charge is 0.355 e. The van der Waals surface area contributed by atoms with Gasteiger partial charge in [-0.3, -0.25) is 0 Å². The van der Waals surface area contributed by atoms with Gasteiger partial charge in [-0.1, -0.05) is 31.2 Å². The van der Waals surface area contributed by atoms with Gasteiger partial charge in [0.1, 0.15) is 11.8 Å². The predicted octanol–water partition coefficient (Wildman–Crippen LogP) is 1.95. The number of benzene rings is 1. The van der Waals surface area contributed by atoms with Gasteiger partial charge < -0.3 is 9.30 Å². The van der Waals surface area contributed by atoms with Crippen LogP contribution in [-0.2, 0) is 35.0 Å². The van der Waals surface area contributed by atoms with Crippen LogP contribution in [0.25, 0.3) is 11.1 Å². The minimum Gasteiger partial charge on any atom is -0.461 e. The molecule has 0 saturated carbocycles. The quantitative estimate of drug-likeness (QED) is 0.725. The van der Waals surface area contributed by atoms with Gasteiger partial charge in [-0.25, -0.2) is 9.52 Å². The van der Waals surface area contributed by atoms with Crippen molar-refractivity contribution in [1.29, 1.82) is 5.26 Å². The lowest BCUT2D eigenvalue weighted by Crippen LogP contribution is -2.28. The molecule has 29 heavy (non-hydrogen) atoms. The van der Waals surface area contributed by atoms with E-state index >= 15 is 0 Å². The third-order valence-corrected chi connectivity index (χ3v) is 6.58.